The van der Waals surface area contributed by atoms with E-state index in [4.69, 9.17) is 4.98 Å². The third-order valence-corrected chi connectivity index (χ3v) is 7.75. The summed E-state index contributed by atoms with van der Waals surface area (Å²) in [6.07, 6.45) is 0.942. The fraction of sp³-hybridized carbons (Fsp3) is 0.400. The minimum absolute atomic E-state index is 0.242. The van der Waals surface area contributed by atoms with E-state index in [2.05, 4.69) is 26.7 Å². The Labute approximate surface area is 185 Å². The molecule has 9 nitrogen and oxygen atoms in total. The van der Waals surface area contributed by atoms with Crippen LogP contribution < -0.4 is 0 Å². The molecule has 0 aliphatic heterocycles. The van der Waals surface area contributed by atoms with Gasteiger partial charge in [0.05, 0.1) is 21.7 Å². The monoisotopic (exact) mass is 459 g/mol. The minimum Gasteiger partial charge on any atom is -0.327 e. The first-order valence-corrected chi connectivity index (χ1v) is 12.4. The molecule has 1 aromatic carbocycles. The van der Waals surface area contributed by atoms with Crippen LogP contribution in [0.25, 0.3) is 16.8 Å². The molecule has 0 atom stereocenters. The van der Waals surface area contributed by atoms with Crippen molar-refractivity contribution < 1.29 is 8.42 Å². The maximum absolute atomic E-state index is 12.5. The fourth-order valence-electron chi connectivity index (χ4n) is 3.54. The lowest BCUT2D eigenvalue weighted by molar-refractivity contribution is 0.521. The van der Waals surface area contributed by atoms with Gasteiger partial charge in [-0.05, 0) is 44.5 Å². The predicted octanol–water partition coefficient (Wildman–Crippen LogP) is 3.04. The van der Waals surface area contributed by atoms with Crippen molar-refractivity contribution in [3.63, 3.8) is 0 Å². The first-order valence-electron chi connectivity index (χ1n) is 9.96. The largest absolute Gasteiger partial charge is 0.327 e. The highest BCUT2D eigenvalue weighted by molar-refractivity contribution is 7.98. The van der Waals surface area contributed by atoms with Crippen molar-refractivity contribution in [2.75, 3.05) is 14.1 Å². The molecule has 0 saturated carbocycles. The molecule has 3 aromatic heterocycles. The molecular formula is C20H25N7O2S2. The van der Waals surface area contributed by atoms with Crippen LogP contribution in [0, 0.1) is 13.8 Å². The van der Waals surface area contributed by atoms with Gasteiger partial charge in [-0.3, -0.25) is 4.40 Å². The van der Waals surface area contributed by atoms with Gasteiger partial charge in [0.15, 0.2) is 5.16 Å². The number of fused-ring (bicyclic) bond motifs is 2. The summed E-state index contributed by atoms with van der Waals surface area (Å²) >= 11 is 1.54. The molecule has 0 unspecified atom stereocenters. The molecule has 0 spiro atoms. The van der Waals surface area contributed by atoms with E-state index in [9.17, 15) is 8.42 Å². The van der Waals surface area contributed by atoms with Gasteiger partial charge in [-0.15, -0.1) is 10.2 Å². The SMILES string of the molecule is CCCn1c(CSc2nnc3nc(C)cc(C)n23)nc2cc(S(=O)(=O)N(C)C)ccc21. The van der Waals surface area contributed by atoms with Crippen LogP contribution in [0.2, 0.25) is 0 Å². The van der Waals surface area contributed by atoms with Gasteiger partial charge in [-0.1, -0.05) is 18.7 Å². The summed E-state index contributed by atoms with van der Waals surface area (Å²) in [5, 5.41) is 9.25. The van der Waals surface area contributed by atoms with E-state index < -0.39 is 10.0 Å². The number of sulfonamides is 1. The van der Waals surface area contributed by atoms with Crippen LogP contribution >= 0.6 is 11.8 Å². The summed E-state index contributed by atoms with van der Waals surface area (Å²) in [6.45, 7) is 6.85. The lowest BCUT2D eigenvalue weighted by Crippen LogP contribution is -2.22. The number of imidazole rings is 1. The zero-order chi connectivity index (χ0) is 22.3. The third kappa shape index (κ3) is 3.92. The summed E-state index contributed by atoms with van der Waals surface area (Å²) in [6, 6.07) is 7.13. The van der Waals surface area contributed by atoms with E-state index >= 15 is 0 Å². The second-order valence-electron chi connectivity index (χ2n) is 7.56. The molecule has 164 valence electrons. The maximum Gasteiger partial charge on any atom is 0.256 e. The molecule has 0 N–H and O–H groups in total. The second kappa shape index (κ2) is 8.21. The van der Waals surface area contributed by atoms with E-state index in [1.807, 2.05) is 30.4 Å². The summed E-state index contributed by atoms with van der Waals surface area (Å²) in [7, 11) is -0.462. The number of aromatic nitrogens is 6. The van der Waals surface area contributed by atoms with E-state index in [1.54, 1.807) is 12.1 Å². The number of hydrogen-bond donors (Lipinski definition) is 0. The average molecular weight is 460 g/mol. The fourth-order valence-corrected chi connectivity index (χ4v) is 5.39. The zero-order valence-electron chi connectivity index (χ0n) is 18.2. The third-order valence-electron chi connectivity index (χ3n) is 5.02. The molecule has 11 heteroatoms. The molecule has 0 aliphatic rings. The van der Waals surface area contributed by atoms with Crippen molar-refractivity contribution in [3.05, 3.63) is 41.5 Å². The van der Waals surface area contributed by atoms with Crippen LogP contribution in [0.5, 0.6) is 0 Å². The lowest BCUT2D eigenvalue weighted by Gasteiger charge is -2.11. The second-order valence-corrected chi connectivity index (χ2v) is 10.7. The van der Waals surface area contributed by atoms with Crippen molar-refractivity contribution in [1.82, 2.24) is 33.4 Å². The molecule has 4 rings (SSSR count). The smallest absolute Gasteiger partial charge is 0.256 e. The molecule has 4 aromatic rings. The number of hydrogen-bond acceptors (Lipinski definition) is 7. The Morgan fingerprint density at radius 3 is 2.58 bits per heavy atom. The highest BCUT2D eigenvalue weighted by atomic mass is 32.2. The minimum atomic E-state index is -3.51. The van der Waals surface area contributed by atoms with Crippen LogP contribution in [-0.4, -0.2) is 56.0 Å². The van der Waals surface area contributed by atoms with Crippen LogP contribution in [0.3, 0.4) is 0 Å². The molecule has 0 aliphatic carbocycles. The molecular weight excluding hydrogens is 434 g/mol. The van der Waals surface area contributed by atoms with Gasteiger partial charge < -0.3 is 4.57 Å². The molecule has 31 heavy (non-hydrogen) atoms. The van der Waals surface area contributed by atoms with Gasteiger partial charge in [0.2, 0.25) is 10.0 Å². The molecule has 0 amide bonds. The Kier molecular flexibility index (Phi) is 5.75. The highest BCUT2D eigenvalue weighted by Crippen LogP contribution is 2.27. The van der Waals surface area contributed by atoms with E-state index in [-0.39, 0.29) is 4.90 Å². The first kappa shape index (κ1) is 21.7. The first-order chi connectivity index (χ1) is 14.7. The summed E-state index contributed by atoms with van der Waals surface area (Å²) in [5.41, 5.74) is 3.53. The number of rotatable bonds is 7. The molecule has 0 fully saturated rings. The van der Waals surface area contributed by atoms with Gasteiger partial charge in [-0.25, -0.2) is 22.7 Å². The number of benzene rings is 1. The Morgan fingerprint density at radius 2 is 1.87 bits per heavy atom. The van der Waals surface area contributed by atoms with Gasteiger partial charge in [-0.2, -0.15) is 0 Å². The molecule has 0 saturated heterocycles. The molecule has 0 radical (unpaired) electrons. The number of nitrogens with zero attached hydrogens (tertiary/aromatic N) is 7. The maximum atomic E-state index is 12.5. The van der Waals surface area contributed by atoms with Crippen molar-refractivity contribution in [2.45, 2.75) is 49.5 Å². The number of thioether (sulfide) groups is 1. The normalized spacial score (nSPS) is 12.5. The highest BCUT2D eigenvalue weighted by Gasteiger charge is 2.20. The zero-order valence-corrected chi connectivity index (χ0v) is 19.8. The predicted molar refractivity (Wildman–Crippen MR) is 121 cm³/mol. The summed E-state index contributed by atoms with van der Waals surface area (Å²) < 4.78 is 30.3. The Hall–Kier alpha value is -2.50. The van der Waals surface area contributed by atoms with Gasteiger partial charge in [0, 0.05) is 32.0 Å². The average Bonchev–Trinajstić information content (AvgIpc) is 3.27. The standard InChI is InChI=1S/C20H25N7O2S2/c1-6-9-26-17-8-7-15(31(28,29)25(4)5)11-16(17)22-18(26)12-30-20-24-23-19-21-13(2)10-14(3)27(19)20/h7-8,10-11H,6,9,12H2,1-5H3. The van der Waals surface area contributed by atoms with E-state index in [1.165, 1.54) is 30.2 Å². The van der Waals surface area contributed by atoms with Crippen LogP contribution in [0.4, 0.5) is 0 Å². The van der Waals surface area contributed by atoms with Crippen molar-refractivity contribution in [1.29, 1.82) is 0 Å². The Bertz CT molecular complexity index is 1370. The van der Waals surface area contributed by atoms with Gasteiger partial charge in [0.1, 0.15) is 5.82 Å². The van der Waals surface area contributed by atoms with Crippen LogP contribution in [-0.2, 0) is 22.3 Å². The summed E-state index contributed by atoms with van der Waals surface area (Å²) in [4.78, 5) is 9.44. The molecule has 3 heterocycles. The Balaban J connectivity index is 1.71. The van der Waals surface area contributed by atoms with Crippen molar-refractivity contribution in [3.8, 4) is 0 Å². The van der Waals surface area contributed by atoms with Crippen molar-refractivity contribution >= 4 is 38.6 Å². The van der Waals surface area contributed by atoms with Gasteiger partial charge >= 0.3 is 0 Å². The van der Waals surface area contributed by atoms with Crippen molar-refractivity contribution in [2.24, 2.45) is 0 Å². The Morgan fingerprint density at radius 1 is 1.10 bits per heavy atom. The lowest BCUT2D eigenvalue weighted by atomic mass is 10.3. The quantitative estimate of drug-likeness (QED) is 0.392. The van der Waals surface area contributed by atoms with E-state index in [0.29, 0.717) is 17.0 Å². The van der Waals surface area contributed by atoms with E-state index in [0.717, 1.165) is 40.9 Å². The molecule has 0 bridgehead atoms. The number of aryl methyl sites for hydroxylation is 3. The van der Waals surface area contributed by atoms with Crippen LogP contribution in [0.1, 0.15) is 30.6 Å². The topological polar surface area (TPSA) is 98.3 Å². The van der Waals surface area contributed by atoms with Gasteiger partial charge in [0.25, 0.3) is 5.78 Å². The van der Waals surface area contributed by atoms with Crippen LogP contribution in [0.15, 0.2) is 34.3 Å². The summed E-state index contributed by atoms with van der Waals surface area (Å²) in [5.74, 6) is 2.04.